The highest BCUT2D eigenvalue weighted by atomic mass is 16.3. The molecule has 0 saturated carbocycles. The number of benzene rings is 1. The van der Waals surface area contributed by atoms with Crippen LogP contribution in [0.15, 0.2) is 30.3 Å². The lowest BCUT2D eigenvalue weighted by atomic mass is 9.78. The third-order valence-corrected chi connectivity index (χ3v) is 5.45. The van der Waals surface area contributed by atoms with Gasteiger partial charge in [0, 0.05) is 24.5 Å². The van der Waals surface area contributed by atoms with Crippen LogP contribution in [-0.4, -0.2) is 41.3 Å². The number of rotatable bonds is 4. The Kier molecular flexibility index (Phi) is 5.69. The summed E-state index contributed by atoms with van der Waals surface area (Å²) in [7, 11) is 0. The summed E-state index contributed by atoms with van der Waals surface area (Å²) in [5.41, 5.74) is 1.09. The zero-order chi connectivity index (χ0) is 17.0. The number of aliphatic hydroxyl groups is 1. The van der Waals surface area contributed by atoms with Crippen LogP contribution < -0.4 is 5.32 Å². The summed E-state index contributed by atoms with van der Waals surface area (Å²) in [6.45, 7) is 9.66. The predicted molar refractivity (Wildman–Crippen MR) is 93.4 cm³/mol. The molecule has 0 radical (unpaired) electrons. The smallest absolute Gasteiger partial charge is 0.317 e. The molecule has 2 atom stereocenters. The van der Waals surface area contributed by atoms with Gasteiger partial charge in [0.15, 0.2) is 0 Å². The highest BCUT2D eigenvalue weighted by Crippen LogP contribution is 2.27. The monoisotopic (exact) mass is 318 g/mol. The highest BCUT2D eigenvalue weighted by molar-refractivity contribution is 5.74. The maximum absolute atomic E-state index is 12.5. The minimum absolute atomic E-state index is 0.00514. The van der Waals surface area contributed by atoms with Gasteiger partial charge in [0.05, 0.1) is 6.10 Å². The van der Waals surface area contributed by atoms with E-state index in [-0.39, 0.29) is 23.6 Å². The zero-order valence-electron chi connectivity index (χ0n) is 14.7. The molecule has 1 aliphatic heterocycles. The van der Waals surface area contributed by atoms with Crippen molar-refractivity contribution in [2.45, 2.75) is 58.1 Å². The van der Waals surface area contributed by atoms with E-state index in [4.69, 9.17) is 0 Å². The predicted octanol–water partition coefficient (Wildman–Crippen LogP) is 3.16. The lowest BCUT2D eigenvalue weighted by molar-refractivity contribution is 0.0789. The Labute approximate surface area is 139 Å². The van der Waals surface area contributed by atoms with E-state index in [2.05, 4.69) is 38.2 Å². The fourth-order valence-corrected chi connectivity index (χ4v) is 3.16. The molecule has 0 aliphatic carbocycles. The number of carbonyl (C=O) groups is 1. The SMILES string of the molecule is CC(O)C1CCN(C(=O)NC(C)C(C)(C)c2ccccc2)CC1. The summed E-state index contributed by atoms with van der Waals surface area (Å²) in [5, 5.41) is 12.8. The zero-order valence-corrected chi connectivity index (χ0v) is 14.7. The molecule has 1 aromatic rings. The normalized spacial score (nSPS) is 19.3. The summed E-state index contributed by atoms with van der Waals surface area (Å²) in [6, 6.07) is 10.3. The molecule has 1 aromatic carbocycles. The van der Waals surface area contributed by atoms with Crippen LogP contribution in [0, 0.1) is 5.92 Å². The number of likely N-dealkylation sites (tertiary alicyclic amines) is 1. The summed E-state index contributed by atoms with van der Waals surface area (Å²) in [5.74, 6) is 0.317. The van der Waals surface area contributed by atoms with E-state index in [0.29, 0.717) is 5.92 Å². The number of hydrogen-bond donors (Lipinski definition) is 2. The molecular weight excluding hydrogens is 288 g/mol. The maximum Gasteiger partial charge on any atom is 0.317 e. The molecule has 0 bridgehead atoms. The molecule has 23 heavy (non-hydrogen) atoms. The third-order valence-electron chi connectivity index (χ3n) is 5.45. The number of amides is 2. The first-order chi connectivity index (χ1) is 10.8. The van der Waals surface area contributed by atoms with E-state index in [0.717, 1.165) is 25.9 Å². The van der Waals surface area contributed by atoms with Crippen LogP contribution in [-0.2, 0) is 5.41 Å². The van der Waals surface area contributed by atoms with Gasteiger partial charge in [-0.1, -0.05) is 44.2 Å². The van der Waals surface area contributed by atoms with Gasteiger partial charge in [-0.05, 0) is 38.2 Å². The van der Waals surface area contributed by atoms with E-state index < -0.39 is 0 Å². The van der Waals surface area contributed by atoms with Crippen LogP contribution in [0.25, 0.3) is 0 Å². The van der Waals surface area contributed by atoms with Crippen molar-refractivity contribution in [1.29, 1.82) is 0 Å². The second kappa shape index (κ2) is 7.35. The van der Waals surface area contributed by atoms with Crippen molar-refractivity contribution in [3.8, 4) is 0 Å². The largest absolute Gasteiger partial charge is 0.393 e. The summed E-state index contributed by atoms with van der Waals surface area (Å²) < 4.78 is 0. The van der Waals surface area contributed by atoms with E-state index >= 15 is 0 Å². The molecule has 4 heteroatoms. The standard InChI is InChI=1S/C19H30N2O2/c1-14(22)16-10-12-21(13-11-16)18(23)20-15(2)19(3,4)17-8-6-5-7-9-17/h5-9,14-16,22H,10-13H2,1-4H3,(H,20,23). The molecule has 0 spiro atoms. The lowest BCUT2D eigenvalue weighted by Crippen LogP contribution is -2.52. The van der Waals surface area contributed by atoms with Crippen molar-refractivity contribution < 1.29 is 9.90 Å². The topological polar surface area (TPSA) is 52.6 Å². The Morgan fingerprint density at radius 1 is 1.22 bits per heavy atom. The molecule has 1 saturated heterocycles. The minimum Gasteiger partial charge on any atom is -0.393 e. The van der Waals surface area contributed by atoms with Gasteiger partial charge in [-0.15, -0.1) is 0 Å². The van der Waals surface area contributed by atoms with Gasteiger partial charge in [0.2, 0.25) is 0 Å². The van der Waals surface area contributed by atoms with Gasteiger partial charge in [0.1, 0.15) is 0 Å². The van der Waals surface area contributed by atoms with Crippen LogP contribution >= 0.6 is 0 Å². The highest BCUT2D eigenvalue weighted by Gasteiger charge is 2.31. The van der Waals surface area contributed by atoms with Gasteiger partial charge >= 0.3 is 6.03 Å². The van der Waals surface area contributed by atoms with Crippen LogP contribution in [0.5, 0.6) is 0 Å². The fourth-order valence-electron chi connectivity index (χ4n) is 3.16. The minimum atomic E-state index is -0.281. The third kappa shape index (κ3) is 4.25. The molecule has 2 unspecified atom stereocenters. The first kappa shape index (κ1) is 17.8. The number of carbonyl (C=O) groups excluding carboxylic acids is 1. The maximum atomic E-state index is 12.5. The van der Waals surface area contributed by atoms with Gasteiger partial charge in [-0.2, -0.15) is 0 Å². The molecule has 2 amide bonds. The average Bonchev–Trinajstić information content (AvgIpc) is 2.55. The molecule has 4 nitrogen and oxygen atoms in total. The molecule has 1 fully saturated rings. The van der Waals surface area contributed by atoms with Gasteiger partial charge < -0.3 is 15.3 Å². The van der Waals surface area contributed by atoms with E-state index in [1.54, 1.807) is 0 Å². The van der Waals surface area contributed by atoms with E-state index in [1.165, 1.54) is 5.56 Å². The van der Waals surface area contributed by atoms with Crippen molar-refractivity contribution in [3.63, 3.8) is 0 Å². The molecule has 1 aliphatic rings. The number of hydrogen-bond acceptors (Lipinski definition) is 2. The number of nitrogens with one attached hydrogen (secondary N) is 1. The number of urea groups is 1. The van der Waals surface area contributed by atoms with E-state index in [1.807, 2.05) is 30.0 Å². The molecule has 1 heterocycles. The molecule has 2 N–H and O–H groups in total. The molecular formula is C19H30N2O2. The number of piperidine rings is 1. The summed E-state index contributed by atoms with van der Waals surface area (Å²) in [6.07, 6.45) is 1.47. The quantitative estimate of drug-likeness (QED) is 0.896. The Balaban J connectivity index is 1.92. The van der Waals surface area contributed by atoms with Crippen molar-refractivity contribution in [3.05, 3.63) is 35.9 Å². The Hall–Kier alpha value is -1.55. The lowest BCUT2D eigenvalue weighted by Gasteiger charge is -2.37. The molecule has 128 valence electrons. The Morgan fingerprint density at radius 2 is 1.78 bits per heavy atom. The first-order valence-corrected chi connectivity index (χ1v) is 8.61. The van der Waals surface area contributed by atoms with Gasteiger partial charge in [-0.25, -0.2) is 4.79 Å². The number of nitrogens with zero attached hydrogens (tertiary/aromatic N) is 1. The molecule has 2 rings (SSSR count). The summed E-state index contributed by atoms with van der Waals surface area (Å²) in [4.78, 5) is 14.4. The Bertz CT molecular complexity index is 505. The Morgan fingerprint density at radius 3 is 2.30 bits per heavy atom. The van der Waals surface area contributed by atoms with Gasteiger partial charge in [-0.3, -0.25) is 0 Å². The van der Waals surface area contributed by atoms with Crippen molar-refractivity contribution in [2.24, 2.45) is 5.92 Å². The van der Waals surface area contributed by atoms with Crippen LogP contribution in [0.3, 0.4) is 0 Å². The van der Waals surface area contributed by atoms with Crippen LogP contribution in [0.2, 0.25) is 0 Å². The van der Waals surface area contributed by atoms with Crippen LogP contribution in [0.4, 0.5) is 4.79 Å². The van der Waals surface area contributed by atoms with Gasteiger partial charge in [0.25, 0.3) is 0 Å². The first-order valence-electron chi connectivity index (χ1n) is 8.61. The number of aliphatic hydroxyl groups excluding tert-OH is 1. The molecule has 0 aromatic heterocycles. The summed E-state index contributed by atoms with van der Waals surface area (Å²) >= 11 is 0. The fraction of sp³-hybridized carbons (Fsp3) is 0.632. The second-order valence-electron chi connectivity index (χ2n) is 7.32. The van der Waals surface area contributed by atoms with Crippen LogP contribution in [0.1, 0.15) is 46.1 Å². The van der Waals surface area contributed by atoms with E-state index in [9.17, 15) is 9.90 Å². The van der Waals surface area contributed by atoms with Crippen molar-refractivity contribution >= 4 is 6.03 Å². The van der Waals surface area contributed by atoms with Crippen molar-refractivity contribution in [1.82, 2.24) is 10.2 Å². The van der Waals surface area contributed by atoms with Crippen molar-refractivity contribution in [2.75, 3.05) is 13.1 Å². The second-order valence-corrected chi connectivity index (χ2v) is 7.32. The average molecular weight is 318 g/mol.